The first-order valence-corrected chi connectivity index (χ1v) is 10.2. The monoisotopic (exact) mass is 504 g/mol. The molecule has 0 radical (unpaired) electrons. The van der Waals surface area contributed by atoms with Gasteiger partial charge in [-0.2, -0.15) is 0 Å². The molecule has 1 aliphatic heterocycles. The van der Waals surface area contributed by atoms with Crippen molar-refractivity contribution in [1.82, 2.24) is 15.6 Å². The molecule has 1 saturated heterocycles. The highest BCUT2D eigenvalue weighted by Crippen LogP contribution is 2.17. The second-order valence-corrected chi connectivity index (χ2v) is 7.51. The third-order valence-electron chi connectivity index (χ3n) is 4.41. The molecule has 2 atom stereocenters. The highest BCUT2D eigenvalue weighted by Gasteiger charge is 2.14. The van der Waals surface area contributed by atoms with Gasteiger partial charge in [-0.25, -0.2) is 4.98 Å². The van der Waals surface area contributed by atoms with Crippen molar-refractivity contribution in [2.45, 2.75) is 44.6 Å². The van der Waals surface area contributed by atoms with Crippen molar-refractivity contribution in [3.05, 3.63) is 40.7 Å². The SMILES string of the molecule is CC(CN=C(NCCc1ccco1)NCC1CCCCO1)c1nccs1.I. The molecular weight excluding hydrogens is 475 g/mol. The van der Waals surface area contributed by atoms with Crippen molar-refractivity contribution in [3.8, 4) is 0 Å². The van der Waals surface area contributed by atoms with Crippen molar-refractivity contribution < 1.29 is 9.15 Å². The Morgan fingerprint density at radius 1 is 1.41 bits per heavy atom. The van der Waals surface area contributed by atoms with E-state index < -0.39 is 0 Å². The predicted molar refractivity (Wildman–Crippen MR) is 120 cm³/mol. The van der Waals surface area contributed by atoms with Crippen LogP contribution in [0.1, 0.15) is 42.9 Å². The van der Waals surface area contributed by atoms with E-state index in [0.29, 0.717) is 12.5 Å². The number of nitrogens with one attached hydrogen (secondary N) is 2. The summed E-state index contributed by atoms with van der Waals surface area (Å²) in [6.45, 7) is 5.29. The number of guanidine groups is 1. The fourth-order valence-electron chi connectivity index (χ4n) is 2.90. The number of thiazole rings is 1. The van der Waals surface area contributed by atoms with E-state index in [2.05, 4.69) is 22.5 Å². The van der Waals surface area contributed by atoms with Crippen molar-refractivity contribution in [3.63, 3.8) is 0 Å². The van der Waals surface area contributed by atoms with Gasteiger partial charge in [0.2, 0.25) is 0 Å². The van der Waals surface area contributed by atoms with Crippen molar-refractivity contribution in [2.75, 3.05) is 26.2 Å². The van der Waals surface area contributed by atoms with Crippen molar-refractivity contribution in [2.24, 2.45) is 4.99 Å². The average molecular weight is 504 g/mol. The largest absolute Gasteiger partial charge is 0.469 e. The second-order valence-electron chi connectivity index (χ2n) is 6.59. The van der Waals surface area contributed by atoms with Crippen LogP contribution in [0.2, 0.25) is 0 Å². The molecule has 1 aliphatic rings. The zero-order chi connectivity index (χ0) is 18.0. The molecule has 2 N–H and O–H groups in total. The molecule has 0 saturated carbocycles. The van der Waals surface area contributed by atoms with Gasteiger partial charge in [0.1, 0.15) is 5.76 Å². The van der Waals surface area contributed by atoms with Crippen LogP contribution >= 0.6 is 35.3 Å². The van der Waals surface area contributed by atoms with Gasteiger partial charge in [0.25, 0.3) is 0 Å². The highest BCUT2D eigenvalue weighted by atomic mass is 127. The summed E-state index contributed by atoms with van der Waals surface area (Å²) in [7, 11) is 0. The molecule has 0 amide bonds. The van der Waals surface area contributed by atoms with Crippen LogP contribution in [0.25, 0.3) is 0 Å². The van der Waals surface area contributed by atoms with E-state index in [9.17, 15) is 0 Å². The average Bonchev–Trinajstić information content (AvgIpc) is 3.38. The minimum absolute atomic E-state index is 0. The first-order chi connectivity index (χ1) is 12.8. The van der Waals surface area contributed by atoms with Crippen LogP contribution in [0.4, 0.5) is 0 Å². The standard InChI is InChI=1S/C19H28N4O2S.HI/c1-15(18-20-9-12-26-18)13-22-19(21-8-7-16-6-4-11-24-16)23-14-17-5-2-3-10-25-17;/h4,6,9,11-12,15,17H,2-3,5,7-8,10,13-14H2,1H3,(H2,21,22,23);1H. The first kappa shape index (κ1) is 22.2. The minimum Gasteiger partial charge on any atom is -0.469 e. The number of halogens is 1. The summed E-state index contributed by atoms with van der Waals surface area (Å²) in [5, 5.41) is 9.98. The Balaban J connectivity index is 0.00000261. The predicted octanol–water partition coefficient (Wildman–Crippen LogP) is 3.80. The topological polar surface area (TPSA) is 71.7 Å². The normalized spacial score (nSPS) is 18.6. The number of nitrogens with zero attached hydrogens (tertiary/aromatic N) is 2. The van der Waals surface area contributed by atoms with Crippen LogP contribution in [0, 0.1) is 0 Å². The van der Waals surface area contributed by atoms with Crippen molar-refractivity contribution in [1.29, 1.82) is 0 Å². The van der Waals surface area contributed by atoms with E-state index in [1.807, 2.05) is 23.7 Å². The van der Waals surface area contributed by atoms with Crippen molar-refractivity contribution >= 4 is 41.3 Å². The third-order valence-corrected chi connectivity index (χ3v) is 5.42. The Morgan fingerprint density at radius 3 is 3.04 bits per heavy atom. The van der Waals surface area contributed by atoms with Crippen LogP contribution in [-0.4, -0.2) is 43.3 Å². The summed E-state index contributed by atoms with van der Waals surface area (Å²) in [5.41, 5.74) is 0. The first-order valence-electron chi connectivity index (χ1n) is 9.37. The Hall–Kier alpha value is -1.13. The van der Waals surface area contributed by atoms with E-state index in [4.69, 9.17) is 14.1 Å². The molecule has 3 heterocycles. The quantitative estimate of drug-likeness (QED) is 0.325. The van der Waals surface area contributed by atoms with Crippen LogP contribution in [0.5, 0.6) is 0 Å². The molecule has 0 aromatic carbocycles. The fraction of sp³-hybridized carbons (Fsp3) is 0.579. The zero-order valence-corrected chi connectivity index (χ0v) is 18.9. The number of furan rings is 1. The van der Waals surface area contributed by atoms with Crippen LogP contribution in [-0.2, 0) is 11.2 Å². The van der Waals surface area contributed by atoms with E-state index in [1.165, 1.54) is 12.8 Å². The van der Waals surface area contributed by atoms with Crippen LogP contribution < -0.4 is 10.6 Å². The smallest absolute Gasteiger partial charge is 0.191 e. The van der Waals surface area contributed by atoms with Gasteiger partial charge in [0, 0.05) is 43.6 Å². The van der Waals surface area contributed by atoms with E-state index in [0.717, 1.165) is 49.3 Å². The number of aliphatic imine (C=N–C) groups is 1. The number of aromatic nitrogens is 1. The summed E-state index contributed by atoms with van der Waals surface area (Å²) in [6, 6.07) is 3.91. The summed E-state index contributed by atoms with van der Waals surface area (Å²) in [6.07, 6.45) is 8.19. The maximum absolute atomic E-state index is 5.81. The summed E-state index contributed by atoms with van der Waals surface area (Å²) < 4.78 is 11.2. The van der Waals surface area contributed by atoms with Gasteiger partial charge in [-0.1, -0.05) is 6.92 Å². The zero-order valence-electron chi connectivity index (χ0n) is 15.7. The Morgan fingerprint density at radius 2 is 2.33 bits per heavy atom. The molecular formula is C19H29IN4O2S. The summed E-state index contributed by atoms with van der Waals surface area (Å²) in [4.78, 5) is 9.14. The Bertz CT molecular complexity index is 643. The Labute approximate surface area is 182 Å². The molecule has 0 bridgehead atoms. The molecule has 3 rings (SSSR count). The van der Waals surface area contributed by atoms with Crippen LogP contribution in [0.15, 0.2) is 39.4 Å². The van der Waals surface area contributed by atoms with Gasteiger partial charge in [0.05, 0.1) is 23.9 Å². The lowest BCUT2D eigenvalue weighted by Crippen LogP contribution is -2.43. The molecule has 0 aliphatic carbocycles. The second kappa shape index (κ2) is 12.4. The molecule has 150 valence electrons. The van der Waals surface area contributed by atoms with Gasteiger partial charge >= 0.3 is 0 Å². The van der Waals surface area contributed by atoms with Gasteiger partial charge in [-0.3, -0.25) is 4.99 Å². The molecule has 0 spiro atoms. The molecule has 1 fully saturated rings. The van der Waals surface area contributed by atoms with Gasteiger partial charge in [-0.05, 0) is 31.4 Å². The molecule has 2 aromatic heterocycles. The molecule has 8 heteroatoms. The maximum atomic E-state index is 5.81. The molecule has 2 aromatic rings. The molecule has 6 nitrogen and oxygen atoms in total. The summed E-state index contributed by atoms with van der Waals surface area (Å²) in [5.74, 6) is 2.11. The Kier molecular flexibility index (Phi) is 10.1. The fourth-order valence-corrected chi connectivity index (χ4v) is 3.59. The van der Waals surface area contributed by atoms with E-state index in [1.54, 1.807) is 17.6 Å². The minimum atomic E-state index is 0. The van der Waals surface area contributed by atoms with Gasteiger partial charge in [-0.15, -0.1) is 35.3 Å². The van der Waals surface area contributed by atoms with Crippen LogP contribution in [0.3, 0.4) is 0 Å². The lowest BCUT2D eigenvalue weighted by Gasteiger charge is -2.24. The number of hydrogen-bond acceptors (Lipinski definition) is 5. The molecule has 2 unspecified atom stereocenters. The number of rotatable bonds is 8. The number of ether oxygens (including phenoxy) is 1. The van der Waals surface area contributed by atoms with E-state index in [-0.39, 0.29) is 30.1 Å². The lowest BCUT2D eigenvalue weighted by molar-refractivity contribution is 0.0194. The highest BCUT2D eigenvalue weighted by molar-refractivity contribution is 14.0. The molecule has 27 heavy (non-hydrogen) atoms. The van der Waals surface area contributed by atoms with Gasteiger partial charge < -0.3 is 19.8 Å². The summed E-state index contributed by atoms with van der Waals surface area (Å²) >= 11 is 1.68. The van der Waals surface area contributed by atoms with E-state index >= 15 is 0 Å². The maximum Gasteiger partial charge on any atom is 0.191 e. The third kappa shape index (κ3) is 7.79. The lowest BCUT2D eigenvalue weighted by atomic mass is 10.1. The van der Waals surface area contributed by atoms with Gasteiger partial charge in [0.15, 0.2) is 5.96 Å². The number of hydrogen-bond donors (Lipinski definition) is 2.